The molecule has 3 aromatic carbocycles. The van der Waals surface area contributed by atoms with Crippen LogP contribution < -0.4 is 24.4 Å². The minimum Gasteiger partial charge on any atom is -0.491 e. The van der Waals surface area contributed by atoms with E-state index >= 15 is 0 Å². The van der Waals surface area contributed by atoms with Crippen LogP contribution in [0.1, 0.15) is 50.4 Å². The zero-order valence-electron chi connectivity index (χ0n) is 24.4. The third-order valence-corrected chi connectivity index (χ3v) is 8.84. The molecule has 0 aliphatic carbocycles. The Morgan fingerprint density at radius 2 is 1.84 bits per heavy atom. The normalized spacial score (nSPS) is 14.8. The molecule has 1 aliphatic rings. The second kappa shape index (κ2) is 13.6. The fourth-order valence-corrected chi connectivity index (χ4v) is 7.39. The monoisotopic (exact) mass is 742 g/mol. The standard InChI is InChI=1S/C33H29Br2FN2O5S/c1-5-41-32(40)28-19(4)37-33-38(29(28)23-11-6-7-12-26(23)43-18(2)3)31(39)27(44-33)16-21-14-24(34)30(25(35)15-21)42-17-20-9-8-10-22(36)13-20/h6-16,18,29H,5,17H2,1-4H3/b27-16+/t29-/m1/s1. The zero-order valence-corrected chi connectivity index (χ0v) is 28.4. The predicted molar refractivity (Wildman–Crippen MR) is 175 cm³/mol. The first-order chi connectivity index (χ1) is 21.1. The molecule has 0 amide bonds. The lowest BCUT2D eigenvalue weighted by Gasteiger charge is -2.26. The summed E-state index contributed by atoms with van der Waals surface area (Å²) in [5.74, 6) is 0.252. The van der Waals surface area contributed by atoms with Crippen molar-refractivity contribution >= 4 is 55.2 Å². The number of hydrogen-bond acceptors (Lipinski definition) is 7. The highest BCUT2D eigenvalue weighted by molar-refractivity contribution is 9.11. The number of para-hydroxylation sites is 1. The third kappa shape index (κ3) is 6.74. The van der Waals surface area contributed by atoms with Crippen LogP contribution in [-0.4, -0.2) is 23.2 Å². The molecule has 1 aromatic heterocycles. The van der Waals surface area contributed by atoms with Crippen LogP contribution >= 0.6 is 43.2 Å². The van der Waals surface area contributed by atoms with Crippen LogP contribution in [0.15, 0.2) is 90.7 Å². The van der Waals surface area contributed by atoms with Crippen LogP contribution in [0.3, 0.4) is 0 Å². The van der Waals surface area contributed by atoms with Crippen LogP contribution in [0.25, 0.3) is 6.08 Å². The molecule has 0 unspecified atom stereocenters. The summed E-state index contributed by atoms with van der Waals surface area (Å²) in [6, 6.07) is 16.5. The molecule has 0 saturated heterocycles. The van der Waals surface area contributed by atoms with Crippen LogP contribution in [0.5, 0.6) is 11.5 Å². The number of rotatable bonds is 9. The molecule has 0 radical (unpaired) electrons. The van der Waals surface area contributed by atoms with E-state index in [0.717, 1.165) is 5.56 Å². The molecule has 5 rings (SSSR count). The van der Waals surface area contributed by atoms with E-state index in [1.807, 2.05) is 50.2 Å². The average Bonchev–Trinajstić information content (AvgIpc) is 3.26. The maximum atomic E-state index is 14.1. The number of nitrogens with zero attached hydrogens (tertiary/aromatic N) is 2. The lowest BCUT2D eigenvalue weighted by Crippen LogP contribution is -2.40. The minimum absolute atomic E-state index is 0.124. The molecule has 0 bridgehead atoms. The van der Waals surface area contributed by atoms with Gasteiger partial charge in [0.15, 0.2) is 4.80 Å². The van der Waals surface area contributed by atoms with Crippen LogP contribution in [0, 0.1) is 5.82 Å². The van der Waals surface area contributed by atoms with Crippen LogP contribution in [-0.2, 0) is 16.1 Å². The fraction of sp³-hybridized carbons (Fsp3) is 0.242. The van der Waals surface area contributed by atoms with Gasteiger partial charge in [-0.3, -0.25) is 9.36 Å². The molecule has 0 fully saturated rings. The highest BCUT2D eigenvalue weighted by atomic mass is 79.9. The number of aromatic nitrogens is 1. The van der Waals surface area contributed by atoms with Gasteiger partial charge >= 0.3 is 5.97 Å². The van der Waals surface area contributed by atoms with Gasteiger partial charge in [0.25, 0.3) is 5.56 Å². The van der Waals surface area contributed by atoms with Crippen molar-refractivity contribution in [3.05, 3.63) is 123 Å². The molecular weight excluding hydrogens is 715 g/mol. The van der Waals surface area contributed by atoms with Crippen molar-refractivity contribution in [2.75, 3.05) is 6.61 Å². The highest BCUT2D eigenvalue weighted by Crippen LogP contribution is 2.37. The molecule has 2 heterocycles. The number of allylic oxidation sites excluding steroid dienone is 1. The van der Waals surface area contributed by atoms with Gasteiger partial charge in [-0.05, 0) is 107 Å². The smallest absolute Gasteiger partial charge is 0.338 e. The van der Waals surface area contributed by atoms with Gasteiger partial charge in [-0.25, -0.2) is 14.2 Å². The van der Waals surface area contributed by atoms with E-state index in [4.69, 9.17) is 14.2 Å². The number of hydrogen-bond donors (Lipinski definition) is 0. The van der Waals surface area contributed by atoms with Gasteiger partial charge in [0.1, 0.15) is 30.0 Å². The van der Waals surface area contributed by atoms with E-state index < -0.39 is 12.0 Å². The maximum Gasteiger partial charge on any atom is 0.338 e. The van der Waals surface area contributed by atoms with Gasteiger partial charge in [0, 0.05) is 5.56 Å². The lowest BCUT2D eigenvalue weighted by molar-refractivity contribution is -0.139. The van der Waals surface area contributed by atoms with Gasteiger partial charge in [-0.2, -0.15) is 0 Å². The molecule has 44 heavy (non-hydrogen) atoms. The summed E-state index contributed by atoms with van der Waals surface area (Å²) in [6.45, 7) is 7.69. The van der Waals surface area contributed by atoms with E-state index in [1.165, 1.54) is 23.5 Å². The number of esters is 1. The second-order valence-corrected chi connectivity index (χ2v) is 13.0. The number of carbonyl (C=O) groups excluding carboxylic acids is 1. The van der Waals surface area contributed by atoms with E-state index in [9.17, 15) is 14.0 Å². The SMILES string of the molecule is CCOC(=O)C1=C(C)N=c2s/c(=C/c3cc(Br)c(OCc4cccc(F)c4)c(Br)c3)c(=O)n2[C@@H]1c1ccccc1OC(C)C. The van der Waals surface area contributed by atoms with Crippen LogP contribution in [0.2, 0.25) is 0 Å². The summed E-state index contributed by atoms with van der Waals surface area (Å²) in [4.78, 5) is 32.5. The molecule has 1 atom stereocenters. The summed E-state index contributed by atoms with van der Waals surface area (Å²) >= 11 is 8.37. The Hall–Kier alpha value is -3.54. The van der Waals surface area contributed by atoms with Gasteiger partial charge in [-0.1, -0.05) is 41.7 Å². The Morgan fingerprint density at radius 1 is 1.11 bits per heavy atom. The van der Waals surface area contributed by atoms with Crippen molar-refractivity contribution in [2.24, 2.45) is 4.99 Å². The zero-order chi connectivity index (χ0) is 31.5. The Kier molecular flexibility index (Phi) is 9.87. The number of ether oxygens (including phenoxy) is 3. The average molecular weight is 744 g/mol. The summed E-state index contributed by atoms with van der Waals surface area (Å²) in [7, 11) is 0. The number of carbonyl (C=O) groups is 1. The first kappa shape index (κ1) is 31.9. The van der Waals surface area contributed by atoms with Crippen LogP contribution in [0.4, 0.5) is 4.39 Å². The molecule has 4 aromatic rings. The molecule has 11 heteroatoms. The number of halogens is 3. The first-order valence-corrected chi connectivity index (χ1v) is 16.3. The molecule has 7 nitrogen and oxygen atoms in total. The van der Waals surface area contributed by atoms with E-state index in [2.05, 4.69) is 36.9 Å². The minimum atomic E-state index is -0.792. The topological polar surface area (TPSA) is 79.1 Å². The van der Waals surface area contributed by atoms with E-state index in [0.29, 0.717) is 46.6 Å². The third-order valence-electron chi connectivity index (χ3n) is 6.68. The summed E-state index contributed by atoms with van der Waals surface area (Å²) < 4.78 is 34.3. The summed E-state index contributed by atoms with van der Waals surface area (Å²) in [5.41, 5.74) is 2.55. The van der Waals surface area contributed by atoms with Gasteiger partial charge < -0.3 is 14.2 Å². The molecule has 1 aliphatic heterocycles. The second-order valence-electron chi connectivity index (χ2n) is 10.2. The van der Waals surface area contributed by atoms with Crippen molar-refractivity contribution in [1.82, 2.24) is 4.57 Å². The molecule has 0 N–H and O–H groups in total. The first-order valence-electron chi connectivity index (χ1n) is 13.9. The van der Waals surface area contributed by atoms with E-state index in [1.54, 1.807) is 36.6 Å². The van der Waals surface area contributed by atoms with Gasteiger partial charge in [-0.15, -0.1) is 0 Å². The van der Waals surface area contributed by atoms with Crippen molar-refractivity contribution in [3.8, 4) is 11.5 Å². The van der Waals surface area contributed by atoms with E-state index in [-0.39, 0.29) is 36.3 Å². The summed E-state index contributed by atoms with van der Waals surface area (Å²) in [5, 5.41) is 0. The summed E-state index contributed by atoms with van der Waals surface area (Å²) in [6.07, 6.45) is 1.65. The Bertz CT molecular complexity index is 1930. The Morgan fingerprint density at radius 3 is 2.52 bits per heavy atom. The Balaban J connectivity index is 1.59. The Labute approximate surface area is 274 Å². The van der Waals surface area contributed by atoms with Crippen molar-refractivity contribution in [3.63, 3.8) is 0 Å². The van der Waals surface area contributed by atoms with Gasteiger partial charge in [0.05, 0.1) is 37.5 Å². The molecular formula is C33H29Br2FN2O5S. The predicted octanol–water partition coefficient (Wildman–Crippen LogP) is 6.83. The van der Waals surface area contributed by atoms with Crippen molar-refractivity contribution in [1.29, 1.82) is 0 Å². The quantitative estimate of drug-likeness (QED) is 0.176. The molecule has 0 saturated carbocycles. The number of benzene rings is 3. The fourth-order valence-electron chi connectivity index (χ4n) is 4.89. The van der Waals surface area contributed by atoms with Crippen molar-refractivity contribution in [2.45, 2.75) is 46.4 Å². The number of thiazole rings is 1. The lowest BCUT2D eigenvalue weighted by atomic mass is 9.95. The maximum absolute atomic E-state index is 14.1. The largest absolute Gasteiger partial charge is 0.491 e. The number of fused-ring (bicyclic) bond motifs is 1. The molecule has 0 spiro atoms. The highest BCUT2D eigenvalue weighted by Gasteiger charge is 2.35. The van der Waals surface area contributed by atoms with Crippen molar-refractivity contribution < 1.29 is 23.4 Å². The van der Waals surface area contributed by atoms with Gasteiger partial charge in [0.2, 0.25) is 0 Å². The molecule has 228 valence electrons.